The summed E-state index contributed by atoms with van der Waals surface area (Å²) >= 11 is 0. The van der Waals surface area contributed by atoms with Crippen molar-refractivity contribution in [2.45, 2.75) is 73.3 Å². The molecule has 32 heavy (non-hydrogen) atoms. The van der Waals surface area contributed by atoms with Gasteiger partial charge in [0.1, 0.15) is 5.78 Å². The number of hydrogen-bond donors (Lipinski definition) is 0. The number of nitrogens with zero attached hydrogens (tertiary/aromatic N) is 5. The van der Waals surface area contributed by atoms with Gasteiger partial charge in [-0.05, 0) is 44.7 Å². The Morgan fingerprint density at radius 1 is 1.16 bits per heavy atom. The van der Waals surface area contributed by atoms with Crippen molar-refractivity contribution in [1.29, 1.82) is 0 Å². The van der Waals surface area contributed by atoms with E-state index in [9.17, 15) is 9.59 Å². The Bertz CT molecular complexity index is 754. The highest BCUT2D eigenvalue weighted by molar-refractivity contribution is 5.84. The van der Waals surface area contributed by atoms with E-state index >= 15 is 0 Å². The summed E-state index contributed by atoms with van der Waals surface area (Å²) in [7, 11) is 1.98. The van der Waals surface area contributed by atoms with Crippen LogP contribution in [0.3, 0.4) is 0 Å². The van der Waals surface area contributed by atoms with Crippen LogP contribution >= 0.6 is 0 Å². The van der Waals surface area contributed by atoms with E-state index in [0.717, 1.165) is 44.7 Å². The minimum atomic E-state index is -0.445. The quantitative estimate of drug-likeness (QED) is 0.518. The number of hydrogen-bond acceptors (Lipinski definition) is 6. The second-order valence-corrected chi connectivity index (χ2v) is 9.94. The molecule has 1 aromatic heterocycles. The van der Waals surface area contributed by atoms with Crippen LogP contribution in [0.5, 0.6) is 0 Å². The summed E-state index contributed by atoms with van der Waals surface area (Å²) in [5.41, 5.74) is -0.571. The molecule has 1 fully saturated rings. The maximum absolute atomic E-state index is 13.3. The molecule has 1 saturated heterocycles. The molecule has 0 radical (unpaired) electrons. The van der Waals surface area contributed by atoms with Gasteiger partial charge in [0, 0.05) is 50.0 Å². The lowest BCUT2D eigenvalue weighted by Gasteiger charge is -2.47. The SMILES string of the molecule is CCCC(CN(C)CC(=O)N1CCN(c2ncccn2)C[C@H]1CC)(C(C)=O)C(C)(C)CC. The monoisotopic (exact) mass is 445 g/mol. The Balaban J connectivity index is 2.09. The molecule has 2 rings (SSSR count). The van der Waals surface area contributed by atoms with Gasteiger partial charge in [-0.1, -0.05) is 41.0 Å². The summed E-state index contributed by atoms with van der Waals surface area (Å²) in [6.07, 6.45) is 7.11. The maximum Gasteiger partial charge on any atom is 0.237 e. The summed E-state index contributed by atoms with van der Waals surface area (Å²) < 4.78 is 0. The summed E-state index contributed by atoms with van der Waals surface area (Å²) in [6.45, 7) is 15.6. The standard InChI is InChI=1S/C25H43N5O2/c1-8-12-25(20(4)31,24(5,6)10-3)19-28(7)18-22(32)30-16-15-29(17-21(30)9-2)23-26-13-11-14-27-23/h11,13-14,21H,8-10,12,15-19H2,1-7H3/t21-,25?/m1/s1. The van der Waals surface area contributed by atoms with E-state index in [-0.39, 0.29) is 23.1 Å². The van der Waals surface area contributed by atoms with Crippen LogP contribution in [0.15, 0.2) is 18.5 Å². The third-order valence-corrected chi connectivity index (χ3v) is 7.58. The second kappa shape index (κ2) is 11.2. The molecule has 7 heteroatoms. The van der Waals surface area contributed by atoms with E-state index in [0.29, 0.717) is 19.6 Å². The number of Topliss-reactive ketones (excluding diaryl/α,β-unsaturated/α-hetero) is 1. The average Bonchev–Trinajstić information content (AvgIpc) is 2.78. The number of amides is 1. The molecule has 2 atom stereocenters. The first kappa shape index (κ1) is 26.2. The Morgan fingerprint density at radius 3 is 2.34 bits per heavy atom. The van der Waals surface area contributed by atoms with E-state index in [1.54, 1.807) is 19.3 Å². The number of carbonyl (C=O) groups excluding carboxylic acids is 2. The van der Waals surface area contributed by atoms with Gasteiger partial charge < -0.3 is 9.80 Å². The molecule has 1 unspecified atom stereocenters. The Hall–Kier alpha value is -2.02. The number of rotatable bonds is 11. The van der Waals surface area contributed by atoms with Crippen LogP contribution in [0.2, 0.25) is 0 Å². The fourth-order valence-electron chi connectivity index (χ4n) is 5.17. The van der Waals surface area contributed by atoms with Gasteiger partial charge in [0.2, 0.25) is 11.9 Å². The fourth-order valence-corrected chi connectivity index (χ4v) is 5.17. The highest BCUT2D eigenvalue weighted by Gasteiger charge is 2.47. The molecule has 0 bridgehead atoms. The lowest BCUT2D eigenvalue weighted by molar-refractivity contribution is -0.141. The lowest BCUT2D eigenvalue weighted by Crippen LogP contribution is -2.58. The molecule has 1 aliphatic rings. The largest absolute Gasteiger partial charge is 0.337 e. The highest BCUT2D eigenvalue weighted by Crippen LogP contribution is 2.46. The topological polar surface area (TPSA) is 69.6 Å². The van der Waals surface area contributed by atoms with Gasteiger partial charge in [-0.25, -0.2) is 9.97 Å². The van der Waals surface area contributed by atoms with Crippen molar-refractivity contribution in [1.82, 2.24) is 19.8 Å². The molecule has 180 valence electrons. The van der Waals surface area contributed by atoms with Crippen LogP contribution in [0.25, 0.3) is 0 Å². The Kier molecular flexibility index (Phi) is 9.19. The minimum absolute atomic E-state index is 0.126. The van der Waals surface area contributed by atoms with E-state index in [4.69, 9.17) is 0 Å². The van der Waals surface area contributed by atoms with Crippen LogP contribution < -0.4 is 4.90 Å². The molecular formula is C25H43N5O2. The molecule has 1 aliphatic heterocycles. The van der Waals surface area contributed by atoms with Crippen LogP contribution in [-0.2, 0) is 9.59 Å². The molecular weight excluding hydrogens is 402 g/mol. The van der Waals surface area contributed by atoms with E-state index in [2.05, 4.69) is 54.4 Å². The van der Waals surface area contributed by atoms with Gasteiger partial charge in [-0.15, -0.1) is 0 Å². The molecule has 2 heterocycles. The van der Waals surface area contributed by atoms with E-state index in [1.165, 1.54) is 0 Å². The smallest absolute Gasteiger partial charge is 0.237 e. The highest BCUT2D eigenvalue weighted by atomic mass is 16.2. The second-order valence-electron chi connectivity index (χ2n) is 9.94. The van der Waals surface area contributed by atoms with Crippen molar-refractivity contribution in [2.24, 2.45) is 10.8 Å². The molecule has 1 aromatic rings. The normalized spacial score (nSPS) is 19.2. The van der Waals surface area contributed by atoms with Gasteiger partial charge in [-0.3, -0.25) is 14.5 Å². The van der Waals surface area contributed by atoms with Gasteiger partial charge in [-0.2, -0.15) is 0 Å². The molecule has 7 nitrogen and oxygen atoms in total. The van der Waals surface area contributed by atoms with Crippen LogP contribution in [0.1, 0.15) is 67.2 Å². The summed E-state index contributed by atoms with van der Waals surface area (Å²) in [6, 6.07) is 1.95. The average molecular weight is 446 g/mol. The van der Waals surface area contributed by atoms with Crippen molar-refractivity contribution < 1.29 is 9.59 Å². The molecule has 1 amide bonds. The van der Waals surface area contributed by atoms with E-state index < -0.39 is 5.41 Å². The summed E-state index contributed by atoms with van der Waals surface area (Å²) in [5, 5.41) is 0. The zero-order valence-electron chi connectivity index (χ0n) is 21.2. The van der Waals surface area contributed by atoms with Gasteiger partial charge in [0.15, 0.2) is 0 Å². The number of likely N-dealkylation sites (N-methyl/N-ethyl adjacent to an activating group) is 1. The van der Waals surface area contributed by atoms with Gasteiger partial charge >= 0.3 is 0 Å². The molecule has 0 aromatic carbocycles. The Morgan fingerprint density at radius 2 is 1.81 bits per heavy atom. The van der Waals surface area contributed by atoms with Crippen LogP contribution in [0, 0.1) is 10.8 Å². The first-order chi connectivity index (χ1) is 15.1. The van der Waals surface area contributed by atoms with Gasteiger partial charge in [0.25, 0.3) is 0 Å². The predicted octanol–water partition coefficient (Wildman–Crippen LogP) is 3.65. The molecule has 0 N–H and O–H groups in total. The maximum atomic E-state index is 13.3. The van der Waals surface area contributed by atoms with E-state index in [1.807, 2.05) is 18.0 Å². The predicted molar refractivity (Wildman–Crippen MR) is 130 cm³/mol. The number of piperazine rings is 1. The molecule has 0 spiro atoms. The van der Waals surface area contributed by atoms with Crippen molar-refractivity contribution in [3.63, 3.8) is 0 Å². The number of aromatic nitrogens is 2. The fraction of sp³-hybridized carbons (Fsp3) is 0.760. The number of anilines is 1. The minimum Gasteiger partial charge on any atom is -0.337 e. The number of ketones is 1. The van der Waals surface area contributed by atoms with Crippen molar-refractivity contribution >= 4 is 17.6 Å². The molecule has 0 saturated carbocycles. The summed E-state index contributed by atoms with van der Waals surface area (Å²) in [5.74, 6) is 1.09. The van der Waals surface area contributed by atoms with Crippen LogP contribution in [0.4, 0.5) is 5.95 Å². The molecule has 0 aliphatic carbocycles. The third kappa shape index (κ3) is 5.66. The van der Waals surface area contributed by atoms with Crippen molar-refractivity contribution in [3.8, 4) is 0 Å². The Labute approximate surface area is 194 Å². The van der Waals surface area contributed by atoms with Gasteiger partial charge in [0.05, 0.1) is 6.54 Å². The number of carbonyl (C=O) groups is 2. The third-order valence-electron chi connectivity index (χ3n) is 7.58. The first-order valence-electron chi connectivity index (χ1n) is 12.1. The zero-order chi connectivity index (χ0) is 23.9. The lowest BCUT2D eigenvalue weighted by atomic mass is 9.59. The zero-order valence-corrected chi connectivity index (χ0v) is 21.2. The van der Waals surface area contributed by atoms with Crippen molar-refractivity contribution in [3.05, 3.63) is 18.5 Å². The first-order valence-corrected chi connectivity index (χ1v) is 12.1. The van der Waals surface area contributed by atoms with Crippen molar-refractivity contribution in [2.75, 3.05) is 44.7 Å². The van der Waals surface area contributed by atoms with Crippen LogP contribution in [-0.4, -0.2) is 77.3 Å². The summed E-state index contributed by atoms with van der Waals surface area (Å²) in [4.78, 5) is 41.2.